The molecule has 0 aliphatic rings. The lowest BCUT2D eigenvalue weighted by atomic mass is 10.1. The van der Waals surface area contributed by atoms with Gasteiger partial charge in [-0.1, -0.05) is 13.8 Å². The molecule has 0 saturated heterocycles. The highest BCUT2D eigenvalue weighted by molar-refractivity contribution is 7.90. The van der Waals surface area contributed by atoms with Crippen LogP contribution in [0.15, 0.2) is 58.2 Å². The van der Waals surface area contributed by atoms with Crippen molar-refractivity contribution in [2.45, 2.75) is 31.6 Å². The van der Waals surface area contributed by atoms with Crippen LogP contribution in [0.3, 0.4) is 0 Å². The summed E-state index contributed by atoms with van der Waals surface area (Å²) < 4.78 is 28.7. The van der Waals surface area contributed by atoms with Gasteiger partial charge in [0.2, 0.25) is 0 Å². The second-order valence-corrected chi connectivity index (χ2v) is 9.41. The lowest BCUT2D eigenvalue weighted by molar-refractivity contribution is 0.102. The van der Waals surface area contributed by atoms with Gasteiger partial charge >= 0.3 is 0 Å². The number of benzene rings is 2. The minimum atomic E-state index is -3.27. The van der Waals surface area contributed by atoms with Crippen molar-refractivity contribution in [2.75, 3.05) is 11.6 Å². The van der Waals surface area contributed by atoms with E-state index in [1.54, 1.807) is 43.3 Å². The molecule has 0 atom stereocenters. The predicted octanol–water partition coefficient (Wildman–Crippen LogP) is 3.65. The van der Waals surface area contributed by atoms with E-state index in [2.05, 4.69) is 15.3 Å². The van der Waals surface area contributed by atoms with E-state index in [1.165, 1.54) is 12.1 Å². The summed E-state index contributed by atoms with van der Waals surface area (Å²) in [5, 5.41) is 2.68. The van der Waals surface area contributed by atoms with Gasteiger partial charge in [-0.2, -0.15) is 0 Å². The normalized spacial score (nSPS) is 11.4. The van der Waals surface area contributed by atoms with Gasteiger partial charge in [0.05, 0.1) is 10.6 Å². The number of aromatic nitrogens is 2. The number of aryl methyl sites for hydroxylation is 1. The zero-order valence-corrected chi connectivity index (χ0v) is 18.4. The maximum atomic E-state index is 12.6. The molecular weight excluding hydrogens is 418 g/mol. The first-order chi connectivity index (χ1) is 14.5. The van der Waals surface area contributed by atoms with E-state index in [0.717, 1.165) is 6.26 Å². The summed E-state index contributed by atoms with van der Waals surface area (Å²) in [6.07, 6.45) is 1.14. The third-order valence-corrected chi connectivity index (χ3v) is 5.62. The summed E-state index contributed by atoms with van der Waals surface area (Å²) in [4.78, 5) is 32.1. The highest BCUT2D eigenvalue weighted by Gasteiger charge is 2.17. The molecule has 2 N–H and O–H groups in total. The monoisotopic (exact) mass is 441 g/mol. The Morgan fingerprint density at radius 1 is 1.03 bits per heavy atom. The molecule has 3 aromatic rings. The molecule has 1 heterocycles. The Morgan fingerprint density at radius 2 is 1.58 bits per heavy atom. The molecule has 0 aliphatic carbocycles. The maximum absolute atomic E-state index is 12.6. The molecule has 0 saturated carbocycles. The van der Waals surface area contributed by atoms with Crippen LogP contribution >= 0.6 is 0 Å². The topological polar surface area (TPSA) is 118 Å². The second-order valence-electron chi connectivity index (χ2n) is 7.39. The van der Waals surface area contributed by atoms with Crippen LogP contribution in [-0.4, -0.2) is 30.5 Å². The van der Waals surface area contributed by atoms with Gasteiger partial charge in [0.15, 0.2) is 9.84 Å². The van der Waals surface area contributed by atoms with Crippen molar-refractivity contribution in [3.63, 3.8) is 0 Å². The molecule has 3 rings (SSSR count). The van der Waals surface area contributed by atoms with Crippen LogP contribution in [0, 0.1) is 6.92 Å². The number of nitrogens with one attached hydrogen (secondary N) is 2. The zero-order valence-electron chi connectivity index (χ0n) is 17.6. The van der Waals surface area contributed by atoms with Crippen LogP contribution < -0.4 is 15.6 Å². The van der Waals surface area contributed by atoms with Crippen LogP contribution in [0.2, 0.25) is 0 Å². The minimum Gasteiger partial charge on any atom is -0.457 e. The van der Waals surface area contributed by atoms with E-state index < -0.39 is 21.3 Å². The number of anilines is 1. The summed E-state index contributed by atoms with van der Waals surface area (Å²) in [5.74, 6) is 1.00. The largest absolute Gasteiger partial charge is 0.457 e. The van der Waals surface area contributed by atoms with E-state index in [1.807, 2.05) is 13.8 Å². The predicted molar refractivity (Wildman–Crippen MR) is 118 cm³/mol. The molecule has 0 spiro atoms. The van der Waals surface area contributed by atoms with Crippen LogP contribution in [-0.2, 0) is 9.84 Å². The van der Waals surface area contributed by atoms with Crippen LogP contribution in [0.4, 0.5) is 5.69 Å². The molecule has 31 heavy (non-hydrogen) atoms. The number of hydrogen-bond donors (Lipinski definition) is 2. The molecule has 0 unspecified atom stereocenters. The Bertz CT molecular complexity index is 1260. The molecule has 0 aliphatic heterocycles. The Morgan fingerprint density at radius 3 is 2.06 bits per heavy atom. The highest BCUT2D eigenvalue weighted by atomic mass is 32.2. The Balaban J connectivity index is 1.71. The number of sulfone groups is 1. The Labute approximate surface area is 180 Å². The van der Waals surface area contributed by atoms with Crippen molar-refractivity contribution < 1.29 is 17.9 Å². The number of carbonyl (C=O) groups is 1. The number of rotatable bonds is 6. The molecule has 162 valence electrons. The molecule has 9 heteroatoms. The Hall–Kier alpha value is -3.46. The smallest absolute Gasteiger partial charge is 0.264 e. The number of carbonyl (C=O) groups excluding carboxylic acids is 1. The standard InChI is InChI=1S/C22H23N3O5S/c1-13(2)20-23-14(3)19(22(27)25-20)21(26)24-15-5-7-16(8-6-15)30-17-9-11-18(12-10-17)31(4,28)29/h5-13H,1-4H3,(H,24,26)(H,23,25,27). The molecule has 1 amide bonds. The van der Waals surface area contributed by atoms with Crippen molar-refractivity contribution in [2.24, 2.45) is 0 Å². The Kier molecular flexibility index (Phi) is 6.26. The van der Waals surface area contributed by atoms with Crippen molar-refractivity contribution >= 4 is 21.4 Å². The first-order valence-electron chi connectivity index (χ1n) is 9.55. The van der Waals surface area contributed by atoms with Crippen LogP contribution in [0.1, 0.15) is 41.6 Å². The summed E-state index contributed by atoms with van der Waals surface area (Å²) in [6.45, 7) is 5.43. The average molecular weight is 442 g/mol. The summed E-state index contributed by atoms with van der Waals surface area (Å²) in [7, 11) is -3.27. The average Bonchev–Trinajstić information content (AvgIpc) is 2.68. The van der Waals surface area contributed by atoms with Crippen LogP contribution in [0.5, 0.6) is 11.5 Å². The SMILES string of the molecule is Cc1nc(C(C)C)[nH]c(=O)c1C(=O)Nc1ccc(Oc2ccc(S(C)(=O)=O)cc2)cc1. The number of amides is 1. The lowest BCUT2D eigenvalue weighted by Gasteiger charge is -2.11. The third kappa shape index (κ3) is 5.37. The highest BCUT2D eigenvalue weighted by Crippen LogP contribution is 2.24. The molecule has 0 radical (unpaired) electrons. The lowest BCUT2D eigenvalue weighted by Crippen LogP contribution is -2.27. The first kappa shape index (κ1) is 22.2. The number of ether oxygens (including phenoxy) is 1. The van der Waals surface area contributed by atoms with Gasteiger partial charge in [0.1, 0.15) is 22.9 Å². The van der Waals surface area contributed by atoms with Crippen LogP contribution in [0.25, 0.3) is 0 Å². The summed E-state index contributed by atoms with van der Waals surface area (Å²) in [6, 6.07) is 12.6. The van der Waals surface area contributed by atoms with E-state index >= 15 is 0 Å². The van der Waals surface area contributed by atoms with Gasteiger partial charge in [-0.3, -0.25) is 9.59 Å². The van der Waals surface area contributed by atoms with E-state index in [4.69, 9.17) is 4.74 Å². The zero-order chi connectivity index (χ0) is 22.8. The molecule has 0 fully saturated rings. The van der Waals surface area contributed by atoms with E-state index in [-0.39, 0.29) is 16.4 Å². The van der Waals surface area contributed by atoms with Gasteiger partial charge in [-0.15, -0.1) is 0 Å². The summed E-state index contributed by atoms with van der Waals surface area (Å²) >= 11 is 0. The third-order valence-electron chi connectivity index (χ3n) is 4.49. The van der Waals surface area contributed by atoms with Crippen molar-refractivity contribution in [3.8, 4) is 11.5 Å². The van der Waals surface area contributed by atoms with E-state index in [0.29, 0.717) is 28.7 Å². The van der Waals surface area contributed by atoms with Gasteiger partial charge in [0.25, 0.3) is 11.5 Å². The fourth-order valence-corrected chi connectivity index (χ4v) is 3.47. The fourth-order valence-electron chi connectivity index (χ4n) is 2.84. The van der Waals surface area contributed by atoms with Gasteiger partial charge in [0, 0.05) is 17.9 Å². The summed E-state index contributed by atoms with van der Waals surface area (Å²) in [5.41, 5.74) is 0.334. The quantitative estimate of drug-likeness (QED) is 0.603. The molecule has 8 nitrogen and oxygen atoms in total. The first-order valence-corrected chi connectivity index (χ1v) is 11.4. The number of hydrogen-bond acceptors (Lipinski definition) is 6. The second kappa shape index (κ2) is 8.73. The fraction of sp³-hybridized carbons (Fsp3) is 0.227. The van der Waals surface area contributed by atoms with E-state index in [9.17, 15) is 18.0 Å². The molecular formula is C22H23N3O5S. The number of nitrogens with zero attached hydrogens (tertiary/aromatic N) is 1. The number of aromatic amines is 1. The molecule has 2 aromatic carbocycles. The molecule has 0 bridgehead atoms. The maximum Gasteiger partial charge on any atom is 0.264 e. The van der Waals surface area contributed by atoms with Gasteiger partial charge < -0.3 is 15.0 Å². The van der Waals surface area contributed by atoms with Gasteiger partial charge in [-0.05, 0) is 55.5 Å². The van der Waals surface area contributed by atoms with Crippen molar-refractivity contribution in [1.82, 2.24) is 9.97 Å². The minimum absolute atomic E-state index is 0.0318. The van der Waals surface area contributed by atoms with Crippen molar-refractivity contribution in [3.05, 3.63) is 76.0 Å². The number of H-pyrrole nitrogens is 1. The van der Waals surface area contributed by atoms with Gasteiger partial charge in [-0.25, -0.2) is 13.4 Å². The molecule has 1 aromatic heterocycles. The van der Waals surface area contributed by atoms with Crippen molar-refractivity contribution in [1.29, 1.82) is 0 Å².